The van der Waals surface area contributed by atoms with Gasteiger partial charge in [0.05, 0.1) is 7.11 Å². The SMILES string of the molecule is COCC1CCN(C(=O)Nc2cccc(OC)c2)CC1. The first-order chi connectivity index (χ1) is 9.72. The predicted molar refractivity (Wildman–Crippen MR) is 78.2 cm³/mol. The molecule has 5 nitrogen and oxygen atoms in total. The van der Waals surface area contributed by atoms with Crippen molar-refractivity contribution >= 4 is 11.7 Å². The van der Waals surface area contributed by atoms with Crippen molar-refractivity contribution in [3.63, 3.8) is 0 Å². The molecule has 0 aliphatic carbocycles. The highest BCUT2D eigenvalue weighted by molar-refractivity contribution is 5.89. The van der Waals surface area contributed by atoms with Gasteiger partial charge in [-0.15, -0.1) is 0 Å². The summed E-state index contributed by atoms with van der Waals surface area (Å²) in [5.74, 6) is 1.31. The summed E-state index contributed by atoms with van der Waals surface area (Å²) in [6.07, 6.45) is 2.00. The van der Waals surface area contributed by atoms with Crippen LogP contribution in [0.5, 0.6) is 5.75 Å². The van der Waals surface area contributed by atoms with Crippen molar-refractivity contribution in [2.45, 2.75) is 12.8 Å². The Balaban J connectivity index is 1.86. The van der Waals surface area contributed by atoms with E-state index in [0.717, 1.165) is 44.0 Å². The van der Waals surface area contributed by atoms with E-state index in [9.17, 15) is 4.79 Å². The van der Waals surface area contributed by atoms with Gasteiger partial charge < -0.3 is 19.7 Å². The second kappa shape index (κ2) is 7.14. The molecule has 2 amide bonds. The smallest absolute Gasteiger partial charge is 0.321 e. The molecular weight excluding hydrogens is 256 g/mol. The third-order valence-corrected chi connectivity index (χ3v) is 3.63. The maximum Gasteiger partial charge on any atom is 0.321 e. The van der Waals surface area contributed by atoms with Crippen LogP contribution in [0, 0.1) is 5.92 Å². The van der Waals surface area contributed by atoms with E-state index in [4.69, 9.17) is 9.47 Å². The van der Waals surface area contributed by atoms with E-state index in [0.29, 0.717) is 5.92 Å². The molecule has 0 aromatic heterocycles. The molecule has 1 aromatic carbocycles. The quantitative estimate of drug-likeness (QED) is 0.921. The Labute approximate surface area is 119 Å². The topological polar surface area (TPSA) is 50.8 Å². The number of anilines is 1. The first-order valence-electron chi connectivity index (χ1n) is 6.92. The molecule has 1 fully saturated rings. The van der Waals surface area contributed by atoms with Gasteiger partial charge in [0, 0.05) is 38.6 Å². The van der Waals surface area contributed by atoms with E-state index in [-0.39, 0.29) is 6.03 Å². The lowest BCUT2D eigenvalue weighted by atomic mass is 9.98. The summed E-state index contributed by atoms with van der Waals surface area (Å²) in [5, 5.41) is 2.91. The van der Waals surface area contributed by atoms with Crippen LogP contribution in [0.1, 0.15) is 12.8 Å². The summed E-state index contributed by atoms with van der Waals surface area (Å²) in [5.41, 5.74) is 0.758. The van der Waals surface area contributed by atoms with Gasteiger partial charge in [0.25, 0.3) is 0 Å². The maximum absolute atomic E-state index is 12.2. The van der Waals surface area contributed by atoms with Gasteiger partial charge in [0.15, 0.2) is 0 Å². The van der Waals surface area contributed by atoms with Crippen LogP contribution < -0.4 is 10.1 Å². The Morgan fingerprint density at radius 1 is 1.35 bits per heavy atom. The average Bonchev–Trinajstić information content (AvgIpc) is 2.48. The summed E-state index contributed by atoms with van der Waals surface area (Å²) in [7, 11) is 3.34. The minimum atomic E-state index is -0.0471. The summed E-state index contributed by atoms with van der Waals surface area (Å²) < 4.78 is 10.3. The van der Waals surface area contributed by atoms with Crippen molar-refractivity contribution in [3.8, 4) is 5.75 Å². The van der Waals surface area contributed by atoms with Gasteiger partial charge in [0.2, 0.25) is 0 Å². The molecule has 0 unspecified atom stereocenters. The molecule has 2 rings (SSSR count). The van der Waals surface area contributed by atoms with Crippen molar-refractivity contribution in [1.29, 1.82) is 0 Å². The van der Waals surface area contributed by atoms with Crippen LogP contribution in [-0.2, 0) is 4.74 Å². The van der Waals surface area contributed by atoms with Gasteiger partial charge >= 0.3 is 6.03 Å². The third kappa shape index (κ3) is 3.87. The van der Waals surface area contributed by atoms with Crippen molar-refractivity contribution in [3.05, 3.63) is 24.3 Å². The zero-order valence-corrected chi connectivity index (χ0v) is 12.1. The second-order valence-electron chi connectivity index (χ2n) is 5.05. The van der Waals surface area contributed by atoms with Gasteiger partial charge in [-0.3, -0.25) is 0 Å². The van der Waals surface area contributed by atoms with Crippen molar-refractivity contribution < 1.29 is 14.3 Å². The van der Waals surface area contributed by atoms with Crippen LogP contribution in [0.15, 0.2) is 24.3 Å². The lowest BCUT2D eigenvalue weighted by molar-refractivity contribution is 0.110. The van der Waals surface area contributed by atoms with Crippen LogP contribution >= 0.6 is 0 Å². The van der Waals surface area contributed by atoms with Crippen molar-refractivity contribution in [1.82, 2.24) is 4.90 Å². The number of hydrogen-bond donors (Lipinski definition) is 1. The zero-order valence-electron chi connectivity index (χ0n) is 12.1. The monoisotopic (exact) mass is 278 g/mol. The van der Waals surface area contributed by atoms with Crippen LogP contribution in [-0.4, -0.2) is 44.8 Å². The molecule has 1 aromatic rings. The van der Waals surface area contributed by atoms with E-state index in [2.05, 4.69) is 5.32 Å². The number of piperidine rings is 1. The first-order valence-corrected chi connectivity index (χ1v) is 6.92. The molecule has 1 heterocycles. The number of amides is 2. The minimum absolute atomic E-state index is 0.0471. The number of benzene rings is 1. The molecule has 20 heavy (non-hydrogen) atoms. The van der Waals surface area contributed by atoms with Gasteiger partial charge in [-0.1, -0.05) is 6.07 Å². The Hall–Kier alpha value is -1.75. The fourth-order valence-corrected chi connectivity index (χ4v) is 2.44. The highest BCUT2D eigenvalue weighted by Gasteiger charge is 2.22. The van der Waals surface area contributed by atoms with Crippen LogP contribution in [0.25, 0.3) is 0 Å². The molecule has 1 saturated heterocycles. The molecule has 5 heteroatoms. The van der Waals surface area contributed by atoms with E-state index >= 15 is 0 Å². The van der Waals surface area contributed by atoms with E-state index in [1.165, 1.54) is 0 Å². The number of carbonyl (C=O) groups excluding carboxylic acids is 1. The Morgan fingerprint density at radius 3 is 2.75 bits per heavy atom. The molecule has 1 aliphatic heterocycles. The van der Waals surface area contributed by atoms with E-state index in [1.807, 2.05) is 29.2 Å². The number of nitrogens with zero attached hydrogens (tertiary/aromatic N) is 1. The lowest BCUT2D eigenvalue weighted by Gasteiger charge is -2.31. The van der Waals surface area contributed by atoms with Crippen LogP contribution in [0.2, 0.25) is 0 Å². The number of carbonyl (C=O) groups is 1. The summed E-state index contributed by atoms with van der Waals surface area (Å²) in [4.78, 5) is 14.0. The summed E-state index contributed by atoms with van der Waals surface area (Å²) >= 11 is 0. The Morgan fingerprint density at radius 2 is 2.10 bits per heavy atom. The summed E-state index contributed by atoms with van der Waals surface area (Å²) in [6.45, 7) is 2.35. The highest BCUT2D eigenvalue weighted by Crippen LogP contribution is 2.20. The molecule has 0 bridgehead atoms. The fraction of sp³-hybridized carbons (Fsp3) is 0.533. The molecular formula is C15H22N2O3. The number of urea groups is 1. The number of likely N-dealkylation sites (tertiary alicyclic amines) is 1. The first kappa shape index (κ1) is 14.7. The third-order valence-electron chi connectivity index (χ3n) is 3.63. The predicted octanol–water partition coefficient (Wildman–Crippen LogP) is 2.59. The average molecular weight is 278 g/mol. The molecule has 1 N–H and O–H groups in total. The van der Waals surface area contributed by atoms with Crippen molar-refractivity contribution in [2.24, 2.45) is 5.92 Å². The standard InChI is InChI=1S/C15H22N2O3/c1-19-11-12-6-8-17(9-7-12)15(18)16-13-4-3-5-14(10-13)20-2/h3-5,10,12H,6-9,11H2,1-2H3,(H,16,18). The van der Waals surface area contributed by atoms with Gasteiger partial charge in [-0.2, -0.15) is 0 Å². The molecule has 0 spiro atoms. The molecule has 0 radical (unpaired) electrons. The second-order valence-corrected chi connectivity index (χ2v) is 5.05. The maximum atomic E-state index is 12.2. The van der Waals surface area contributed by atoms with Crippen LogP contribution in [0.4, 0.5) is 10.5 Å². The minimum Gasteiger partial charge on any atom is -0.497 e. The van der Waals surface area contributed by atoms with E-state index in [1.54, 1.807) is 14.2 Å². The fourth-order valence-electron chi connectivity index (χ4n) is 2.44. The largest absolute Gasteiger partial charge is 0.497 e. The molecule has 0 atom stereocenters. The van der Waals surface area contributed by atoms with Gasteiger partial charge in [-0.05, 0) is 30.9 Å². The molecule has 0 saturated carbocycles. The van der Waals surface area contributed by atoms with Gasteiger partial charge in [-0.25, -0.2) is 4.79 Å². The lowest BCUT2D eigenvalue weighted by Crippen LogP contribution is -2.41. The number of methoxy groups -OCH3 is 2. The normalized spacial score (nSPS) is 16.0. The number of nitrogens with one attached hydrogen (secondary N) is 1. The Kier molecular flexibility index (Phi) is 5.24. The number of ether oxygens (including phenoxy) is 2. The highest BCUT2D eigenvalue weighted by atomic mass is 16.5. The summed E-state index contributed by atoms with van der Waals surface area (Å²) in [6, 6.07) is 7.34. The van der Waals surface area contributed by atoms with Crippen LogP contribution in [0.3, 0.4) is 0 Å². The van der Waals surface area contributed by atoms with E-state index < -0.39 is 0 Å². The number of rotatable bonds is 4. The molecule has 1 aliphatic rings. The number of hydrogen-bond acceptors (Lipinski definition) is 3. The van der Waals surface area contributed by atoms with Crippen molar-refractivity contribution in [2.75, 3.05) is 39.2 Å². The van der Waals surface area contributed by atoms with Gasteiger partial charge in [0.1, 0.15) is 5.75 Å². The zero-order chi connectivity index (χ0) is 14.4. The molecule has 110 valence electrons. The Bertz CT molecular complexity index is 442.